The van der Waals surface area contributed by atoms with Gasteiger partial charge in [-0.3, -0.25) is 4.98 Å². The molecule has 1 aliphatic rings. The van der Waals surface area contributed by atoms with Crippen LogP contribution in [0, 0.1) is 0 Å². The van der Waals surface area contributed by atoms with Crippen LogP contribution in [0.3, 0.4) is 0 Å². The molecular formula is C18H18N4. The number of nitrogens with zero attached hydrogens (tertiary/aromatic N) is 3. The second kappa shape index (κ2) is 5.30. The first-order chi connectivity index (χ1) is 10.9. The predicted molar refractivity (Wildman–Crippen MR) is 88.4 cm³/mol. The molecule has 110 valence electrons. The van der Waals surface area contributed by atoms with Crippen LogP contribution < -0.4 is 5.32 Å². The first kappa shape index (κ1) is 13.1. The smallest absolute Gasteiger partial charge is 0.133 e. The Bertz CT molecular complexity index is 788. The van der Waals surface area contributed by atoms with E-state index in [1.807, 2.05) is 16.9 Å². The predicted octanol–water partition coefficient (Wildman–Crippen LogP) is 3.46. The number of anilines is 1. The van der Waals surface area contributed by atoms with Crippen LogP contribution in [-0.2, 0) is 12.8 Å². The summed E-state index contributed by atoms with van der Waals surface area (Å²) in [7, 11) is 0. The van der Waals surface area contributed by atoms with Crippen molar-refractivity contribution in [3.63, 3.8) is 0 Å². The van der Waals surface area contributed by atoms with Crippen LogP contribution in [0.4, 0.5) is 5.82 Å². The van der Waals surface area contributed by atoms with Crippen molar-refractivity contribution >= 4 is 5.82 Å². The van der Waals surface area contributed by atoms with Crippen LogP contribution in [0.15, 0.2) is 48.8 Å². The fourth-order valence-corrected chi connectivity index (χ4v) is 2.97. The normalized spacial score (nSPS) is 13.0. The SMILES string of the molecule is CCc1ccc(-n2nc(-c3cccnc3)c3c2NCC3)cc1. The van der Waals surface area contributed by atoms with Crippen molar-refractivity contribution in [2.24, 2.45) is 0 Å². The third-order valence-corrected chi connectivity index (χ3v) is 4.18. The number of nitrogens with one attached hydrogen (secondary N) is 1. The van der Waals surface area contributed by atoms with Gasteiger partial charge in [0.05, 0.1) is 11.4 Å². The molecule has 0 saturated heterocycles. The number of hydrogen-bond donors (Lipinski definition) is 1. The lowest BCUT2D eigenvalue weighted by Crippen LogP contribution is -2.04. The maximum atomic E-state index is 4.84. The minimum Gasteiger partial charge on any atom is -0.369 e. The summed E-state index contributed by atoms with van der Waals surface area (Å²) < 4.78 is 2.02. The van der Waals surface area contributed by atoms with Gasteiger partial charge in [-0.2, -0.15) is 5.10 Å². The van der Waals surface area contributed by atoms with E-state index in [0.29, 0.717) is 0 Å². The lowest BCUT2D eigenvalue weighted by molar-refractivity contribution is 0.880. The second-order valence-electron chi connectivity index (χ2n) is 5.53. The second-order valence-corrected chi connectivity index (χ2v) is 5.53. The monoisotopic (exact) mass is 290 g/mol. The average Bonchev–Trinajstić information content (AvgIpc) is 3.18. The molecule has 4 nitrogen and oxygen atoms in total. The van der Waals surface area contributed by atoms with E-state index in [1.54, 1.807) is 6.20 Å². The first-order valence-electron chi connectivity index (χ1n) is 7.72. The molecule has 1 aliphatic heterocycles. The average molecular weight is 290 g/mol. The highest BCUT2D eigenvalue weighted by atomic mass is 15.3. The minimum absolute atomic E-state index is 0.966. The minimum atomic E-state index is 0.966. The number of fused-ring (bicyclic) bond motifs is 1. The van der Waals surface area contributed by atoms with Gasteiger partial charge >= 0.3 is 0 Å². The molecule has 0 unspecified atom stereocenters. The number of aromatic nitrogens is 3. The molecule has 0 fully saturated rings. The van der Waals surface area contributed by atoms with Crippen LogP contribution in [-0.4, -0.2) is 21.3 Å². The van der Waals surface area contributed by atoms with Crippen LogP contribution in [0.25, 0.3) is 16.9 Å². The van der Waals surface area contributed by atoms with Crippen LogP contribution in [0.5, 0.6) is 0 Å². The maximum absolute atomic E-state index is 4.84. The van der Waals surface area contributed by atoms with Crippen molar-refractivity contribution in [2.45, 2.75) is 19.8 Å². The first-order valence-corrected chi connectivity index (χ1v) is 7.72. The number of benzene rings is 1. The van der Waals surface area contributed by atoms with Gasteiger partial charge in [0.15, 0.2) is 0 Å². The summed E-state index contributed by atoms with van der Waals surface area (Å²) in [5, 5.41) is 8.31. The Morgan fingerprint density at radius 3 is 2.77 bits per heavy atom. The zero-order valence-corrected chi connectivity index (χ0v) is 12.6. The summed E-state index contributed by atoms with van der Waals surface area (Å²) in [6.45, 7) is 3.14. The van der Waals surface area contributed by atoms with Crippen molar-refractivity contribution in [1.82, 2.24) is 14.8 Å². The van der Waals surface area contributed by atoms with Gasteiger partial charge in [0, 0.05) is 30.1 Å². The molecular weight excluding hydrogens is 272 g/mol. The largest absolute Gasteiger partial charge is 0.369 e. The standard InChI is InChI=1S/C18H18N4/c1-2-13-5-7-15(8-6-13)22-18-16(9-11-20-18)17(21-22)14-4-3-10-19-12-14/h3-8,10,12,20H,2,9,11H2,1H3. The molecule has 3 aromatic rings. The van der Waals surface area contributed by atoms with Crippen molar-refractivity contribution in [3.05, 3.63) is 59.9 Å². The molecule has 0 atom stereocenters. The molecule has 4 rings (SSSR count). The number of hydrogen-bond acceptors (Lipinski definition) is 3. The highest BCUT2D eigenvalue weighted by Crippen LogP contribution is 2.34. The molecule has 3 heterocycles. The summed E-state index contributed by atoms with van der Waals surface area (Å²) >= 11 is 0. The lowest BCUT2D eigenvalue weighted by Gasteiger charge is -2.07. The Morgan fingerprint density at radius 2 is 2.05 bits per heavy atom. The summed E-state index contributed by atoms with van der Waals surface area (Å²) in [5.41, 5.74) is 5.83. The molecule has 4 heteroatoms. The van der Waals surface area contributed by atoms with Gasteiger partial charge in [-0.1, -0.05) is 19.1 Å². The van der Waals surface area contributed by atoms with Gasteiger partial charge in [0.1, 0.15) is 5.82 Å². The van der Waals surface area contributed by atoms with E-state index >= 15 is 0 Å². The molecule has 0 aliphatic carbocycles. The summed E-state index contributed by atoms with van der Waals surface area (Å²) in [6, 6.07) is 12.6. The summed E-state index contributed by atoms with van der Waals surface area (Å²) in [5.74, 6) is 1.11. The Labute approximate surface area is 129 Å². The molecule has 0 spiro atoms. The van der Waals surface area contributed by atoms with E-state index in [-0.39, 0.29) is 0 Å². The quantitative estimate of drug-likeness (QED) is 0.803. The topological polar surface area (TPSA) is 42.7 Å². The van der Waals surface area contributed by atoms with Crippen LogP contribution in [0.1, 0.15) is 18.1 Å². The van der Waals surface area contributed by atoms with E-state index in [9.17, 15) is 0 Å². The van der Waals surface area contributed by atoms with E-state index in [2.05, 4.69) is 47.6 Å². The van der Waals surface area contributed by atoms with Gasteiger partial charge in [-0.25, -0.2) is 4.68 Å². The van der Waals surface area contributed by atoms with Gasteiger partial charge in [0.2, 0.25) is 0 Å². The zero-order chi connectivity index (χ0) is 14.9. The van der Waals surface area contributed by atoms with Crippen LogP contribution >= 0.6 is 0 Å². The Kier molecular flexibility index (Phi) is 3.15. The fourth-order valence-electron chi connectivity index (χ4n) is 2.97. The fraction of sp³-hybridized carbons (Fsp3) is 0.222. The number of aryl methyl sites for hydroxylation is 1. The number of rotatable bonds is 3. The van der Waals surface area contributed by atoms with E-state index in [4.69, 9.17) is 5.10 Å². The van der Waals surface area contributed by atoms with Gasteiger partial charge in [-0.15, -0.1) is 0 Å². The van der Waals surface area contributed by atoms with E-state index in [0.717, 1.165) is 42.1 Å². The third kappa shape index (κ3) is 2.08. The summed E-state index contributed by atoms with van der Waals surface area (Å²) in [4.78, 5) is 4.22. The lowest BCUT2D eigenvalue weighted by atomic mass is 10.1. The maximum Gasteiger partial charge on any atom is 0.133 e. The van der Waals surface area contributed by atoms with E-state index in [1.165, 1.54) is 11.1 Å². The van der Waals surface area contributed by atoms with Crippen molar-refractivity contribution in [3.8, 4) is 16.9 Å². The Morgan fingerprint density at radius 1 is 1.18 bits per heavy atom. The molecule has 2 aromatic heterocycles. The van der Waals surface area contributed by atoms with Gasteiger partial charge in [-0.05, 0) is 42.7 Å². The third-order valence-electron chi connectivity index (χ3n) is 4.18. The molecule has 0 radical (unpaired) electrons. The Balaban J connectivity index is 1.84. The van der Waals surface area contributed by atoms with Crippen LogP contribution in [0.2, 0.25) is 0 Å². The molecule has 0 saturated carbocycles. The zero-order valence-electron chi connectivity index (χ0n) is 12.6. The van der Waals surface area contributed by atoms with Gasteiger partial charge < -0.3 is 5.32 Å². The van der Waals surface area contributed by atoms with Gasteiger partial charge in [0.25, 0.3) is 0 Å². The van der Waals surface area contributed by atoms with Crippen molar-refractivity contribution in [1.29, 1.82) is 0 Å². The van der Waals surface area contributed by atoms with Crippen molar-refractivity contribution < 1.29 is 0 Å². The Hall–Kier alpha value is -2.62. The summed E-state index contributed by atoms with van der Waals surface area (Å²) in [6.07, 6.45) is 5.73. The molecule has 0 amide bonds. The highest BCUT2D eigenvalue weighted by Gasteiger charge is 2.23. The molecule has 1 N–H and O–H groups in total. The molecule has 22 heavy (non-hydrogen) atoms. The molecule has 0 bridgehead atoms. The molecule has 1 aromatic carbocycles. The van der Waals surface area contributed by atoms with Crippen molar-refractivity contribution in [2.75, 3.05) is 11.9 Å². The highest BCUT2D eigenvalue weighted by molar-refractivity contribution is 5.72. The van der Waals surface area contributed by atoms with E-state index < -0.39 is 0 Å². The number of pyridine rings is 1.